The van der Waals surface area contributed by atoms with E-state index < -0.39 is 0 Å². The van der Waals surface area contributed by atoms with Crippen LogP contribution in [-0.2, 0) is 6.54 Å². The smallest absolute Gasteiger partial charge is 0.165 e. The third kappa shape index (κ3) is 4.19. The summed E-state index contributed by atoms with van der Waals surface area (Å²) in [5.41, 5.74) is 1.27. The lowest BCUT2D eigenvalue weighted by Gasteiger charge is -2.30. The Hall–Kier alpha value is -2.05. The minimum atomic E-state index is 0.407. The first-order valence-electron chi connectivity index (χ1n) is 9.10. The van der Waals surface area contributed by atoms with Gasteiger partial charge in [0.05, 0.1) is 6.54 Å². The number of nitrogens with one attached hydrogen (secondary N) is 1. The molecule has 6 heteroatoms. The Balaban J connectivity index is 1.36. The van der Waals surface area contributed by atoms with Gasteiger partial charge in [-0.2, -0.15) is 5.10 Å². The number of H-pyrrole nitrogens is 1. The molecule has 0 bridgehead atoms. The summed E-state index contributed by atoms with van der Waals surface area (Å²) < 4.78 is 6.05. The van der Waals surface area contributed by atoms with Crippen molar-refractivity contribution in [2.24, 2.45) is 0 Å². The molecule has 0 spiro atoms. The molecule has 0 aliphatic carbocycles. The number of rotatable bonds is 5. The number of nitrogens with zero attached hydrogens (tertiary/aromatic N) is 3. The fourth-order valence-corrected chi connectivity index (χ4v) is 4.18. The van der Waals surface area contributed by atoms with E-state index in [0.29, 0.717) is 5.92 Å². The van der Waals surface area contributed by atoms with Crippen LogP contribution in [0.25, 0.3) is 0 Å². The van der Waals surface area contributed by atoms with Crippen molar-refractivity contribution in [3.8, 4) is 0 Å². The lowest BCUT2D eigenvalue weighted by molar-refractivity contribution is 0.180. The van der Waals surface area contributed by atoms with Gasteiger partial charge in [-0.15, -0.1) is 0 Å². The molecular formula is C20H24N4OS. The number of aromatic nitrogens is 3. The van der Waals surface area contributed by atoms with E-state index in [1.165, 1.54) is 16.9 Å². The molecule has 0 radical (unpaired) electrons. The lowest BCUT2D eigenvalue weighted by Crippen LogP contribution is -2.34. The molecular weight excluding hydrogens is 344 g/mol. The fraction of sp³-hybridized carbons (Fsp3) is 0.400. The molecule has 1 aliphatic rings. The lowest BCUT2D eigenvalue weighted by atomic mass is 9.97. The van der Waals surface area contributed by atoms with Crippen molar-refractivity contribution in [2.75, 3.05) is 13.1 Å². The highest BCUT2D eigenvalue weighted by atomic mass is 32.2. The normalized spacial score (nSPS) is 18.3. The van der Waals surface area contributed by atoms with E-state index >= 15 is 0 Å². The SMILES string of the molecule is Cc1ccc(Sc2ccc(CN3CCCC(c4n[nH]c(C)n4)C3)o2)cc1. The summed E-state index contributed by atoms with van der Waals surface area (Å²) in [7, 11) is 0. The van der Waals surface area contributed by atoms with Crippen LogP contribution < -0.4 is 0 Å². The van der Waals surface area contributed by atoms with Crippen LogP contribution in [0.3, 0.4) is 0 Å². The maximum Gasteiger partial charge on any atom is 0.165 e. The van der Waals surface area contributed by atoms with Gasteiger partial charge in [0.15, 0.2) is 10.9 Å². The van der Waals surface area contributed by atoms with Crippen molar-refractivity contribution in [2.45, 2.75) is 49.1 Å². The molecule has 26 heavy (non-hydrogen) atoms. The number of aryl methyl sites for hydroxylation is 2. The number of benzene rings is 1. The van der Waals surface area contributed by atoms with Crippen molar-refractivity contribution in [1.82, 2.24) is 20.1 Å². The Morgan fingerprint density at radius 3 is 2.81 bits per heavy atom. The highest BCUT2D eigenvalue weighted by molar-refractivity contribution is 7.99. The van der Waals surface area contributed by atoms with E-state index in [9.17, 15) is 0 Å². The third-order valence-electron chi connectivity index (χ3n) is 4.74. The first-order chi connectivity index (χ1) is 12.7. The summed E-state index contributed by atoms with van der Waals surface area (Å²) in [6.07, 6.45) is 2.32. The van der Waals surface area contributed by atoms with Crippen LogP contribution >= 0.6 is 11.8 Å². The molecule has 1 fully saturated rings. The number of aromatic amines is 1. The molecule has 1 aliphatic heterocycles. The predicted octanol–water partition coefficient (Wildman–Crippen LogP) is 4.55. The van der Waals surface area contributed by atoms with Gasteiger partial charge in [-0.25, -0.2) is 4.98 Å². The van der Waals surface area contributed by atoms with Gasteiger partial charge < -0.3 is 4.42 Å². The van der Waals surface area contributed by atoms with Gasteiger partial charge >= 0.3 is 0 Å². The first-order valence-corrected chi connectivity index (χ1v) is 9.92. The topological polar surface area (TPSA) is 58.0 Å². The standard InChI is InChI=1S/C20H24N4OS/c1-14-5-8-18(9-6-14)26-19-10-7-17(25-19)13-24-11-3-4-16(12-24)20-21-15(2)22-23-20/h5-10,16H,3-4,11-13H2,1-2H3,(H,21,22,23). The molecule has 0 saturated carbocycles. The Morgan fingerprint density at radius 2 is 2.04 bits per heavy atom. The van der Waals surface area contributed by atoms with E-state index in [-0.39, 0.29) is 0 Å². The molecule has 1 aromatic carbocycles. The Labute approximate surface area is 158 Å². The molecule has 1 saturated heterocycles. The molecule has 4 rings (SSSR count). The second kappa shape index (κ2) is 7.68. The Kier molecular flexibility index (Phi) is 5.13. The summed E-state index contributed by atoms with van der Waals surface area (Å²) >= 11 is 1.67. The van der Waals surface area contributed by atoms with Crippen molar-refractivity contribution in [1.29, 1.82) is 0 Å². The van der Waals surface area contributed by atoms with Crippen LogP contribution in [0.4, 0.5) is 0 Å². The summed E-state index contributed by atoms with van der Waals surface area (Å²) in [6, 6.07) is 12.7. The van der Waals surface area contributed by atoms with E-state index in [1.54, 1.807) is 11.8 Å². The summed E-state index contributed by atoms with van der Waals surface area (Å²) in [5, 5.41) is 8.25. The summed E-state index contributed by atoms with van der Waals surface area (Å²) in [4.78, 5) is 8.16. The average Bonchev–Trinajstić information content (AvgIpc) is 3.26. The highest BCUT2D eigenvalue weighted by Gasteiger charge is 2.25. The molecule has 0 amide bonds. The van der Waals surface area contributed by atoms with Crippen LogP contribution in [0, 0.1) is 13.8 Å². The van der Waals surface area contributed by atoms with E-state index in [4.69, 9.17) is 4.42 Å². The van der Waals surface area contributed by atoms with Crippen LogP contribution in [0.2, 0.25) is 0 Å². The van der Waals surface area contributed by atoms with Gasteiger partial charge in [-0.1, -0.05) is 29.5 Å². The number of hydrogen-bond donors (Lipinski definition) is 1. The largest absolute Gasteiger partial charge is 0.453 e. The van der Waals surface area contributed by atoms with Crippen molar-refractivity contribution in [3.63, 3.8) is 0 Å². The monoisotopic (exact) mass is 368 g/mol. The van der Waals surface area contributed by atoms with Gasteiger partial charge in [-0.05, 0) is 57.5 Å². The number of likely N-dealkylation sites (tertiary alicyclic amines) is 1. The molecule has 1 unspecified atom stereocenters. The Morgan fingerprint density at radius 1 is 1.19 bits per heavy atom. The second-order valence-electron chi connectivity index (χ2n) is 6.99. The van der Waals surface area contributed by atoms with Gasteiger partial charge in [-0.3, -0.25) is 10.00 Å². The molecule has 3 heterocycles. The molecule has 1 atom stereocenters. The van der Waals surface area contributed by atoms with Crippen molar-refractivity contribution in [3.05, 3.63) is 59.4 Å². The second-order valence-corrected chi connectivity index (χ2v) is 8.07. The zero-order valence-corrected chi connectivity index (χ0v) is 16.1. The van der Waals surface area contributed by atoms with Crippen LogP contribution in [0.5, 0.6) is 0 Å². The summed E-state index contributed by atoms with van der Waals surface area (Å²) in [6.45, 7) is 6.98. The van der Waals surface area contributed by atoms with Crippen LogP contribution in [-0.4, -0.2) is 33.2 Å². The quantitative estimate of drug-likeness (QED) is 0.716. The maximum atomic E-state index is 6.05. The van der Waals surface area contributed by atoms with Crippen LogP contribution in [0.1, 0.15) is 41.7 Å². The fourth-order valence-electron chi connectivity index (χ4n) is 3.39. The molecule has 136 valence electrons. The average molecular weight is 369 g/mol. The first kappa shape index (κ1) is 17.4. The van der Waals surface area contributed by atoms with Crippen molar-refractivity contribution < 1.29 is 4.42 Å². The highest BCUT2D eigenvalue weighted by Crippen LogP contribution is 2.31. The van der Waals surface area contributed by atoms with Gasteiger partial charge in [0.25, 0.3) is 0 Å². The van der Waals surface area contributed by atoms with E-state index in [0.717, 1.165) is 48.6 Å². The van der Waals surface area contributed by atoms with Crippen LogP contribution in [0.15, 0.2) is 50.8 Å². The molecule has 3 aromatic rings. The van der Waals surface area contributed by atoms with E-state index in [2.05, 4.69) is 63.4 Å². The Bertz CT molecular complexity index is 855. The minimum absolute atomic E-state index is 0.407. The minimum Gasteiger partial charge on any atom is -0.453 e. The maximum absolute atomic E-state index is 6.05. The van der Waals surface area contributed by atoms with Crippen molar-refractivity contribution >= 4 is 11.8 Å². The van der Waals surface area contributed by atoms with Gasteiger partial charge in [0, 0.05) is 17.4 Å². The zero-order chi connectivity index (χ0) is 17.9. The number of furan rings is 1. The molecule has 5 nitrogen and oxygen atoms in total. The zero-order valence-electron chi connectivity index (χ0n) is 15.2. The molecule has 2 aromatic heterocycles. The number of piperidine rings is 1. The predicted molar refractivity (Wildman–Crippen MR) is 102 cm³/mol. The number of hydrogen-bond acceptors (Lipinski definition) is 5. The van der Waals surface area contributed by atoms with Gasteiger partial charge in [0.2, 0.25) is 0 Å². The summed E-state index contributed by atoms with van der Waals surface area (Å²) in [5.74, 6) is 3.26. The van der Waals surface area contributed by atoms with E-state index in [1.807, 2.05) is 6.92 Å². The molecule has 1 N–H and O–H groups in total. The van der Waals surface area contributed by atoms with Gasteiger partial charge in [0.1, 0.15) is 11.6 Å². The third-order valence-corrected chi connectivity index (χ3v) is 5.67.